The number of rotatable bonds is 11. The van der Waals surface area contributed by atoms with E-state index >= 15 is 0 Å². The Morgan fingerprint density at radius 2 is 2.03 bits per heavy atom. The van der Waals surface area contributed by atoms with Gasteiger partial charge < -0.3 is 29.9 Å². The van der Waals surface area contributed by atoms with Crippen molar-refractivity contribution in [2.75, 3.05) is 18.9 Å². The summed E-state index contributed by atoms with van der Waals surface area (Å²) >= 11 is 0. The second kappa shape index (κ2) is 11.4. The Labute approximate surface area is 219 Å². The number of hydrogen-bond donors (Lipinski definition) is 4. The summed E-state index contributed by atoms with van der Waals surface area (Å²) in [5.74, 6) is -0.167. The summed E-state index contributed by atoms with van der Waals surface area (Å²) in [7, 11) is -4.22. The molecule has 3 heterocycles. The van der Waals surface area contributed by atoms with E-state index in [9.17, 15) is 19.6 Å². The molecule has 14 heteroatoms. The van der Waals surface area contributed by atoms with Crippen LogP contribution in [0.3, 0.4) is 0 Å². The average Bonchev–Trinajstić information content (AvgIpc) is 3.42. The van der Waals surface area contributed by atoms with Gasteiger partial charge in [0, 0.05) is 0 Å². The highest BCUT2D eigenvalue weighted by molar-refractivity contribution is 7.52. The number of nitrogens with two attached hydrogens (primary N) is 1. The Kier molecular flexibility index (Phi) is 8.36. The first-order valence-corrected chi connectivity index (χ1v) is 13.7. The third-order valence-electron chi connectivity index (χ3n) is 6.10. The van der Waals surface area contributed by atoms with Gasteiger partial charge in [-0.2, -0.15) is 10.2 Å². The lowest BCUT2D eigenvalue weighted by Crippen LogP contribution is -2.45. The number of nitrogens with one attached hydrogen (secondary N) is 1. The Balaban J connectivity index is 1.54. The lowest BCUT2D eigenvalue weighted by molar-refractivity contribution is -0.145. The van der Waals surface area contributed by atoms with Gasteiger partial charge in [0.05, 0.1) is 18.9 Å². The molecule has 3 aromatic rings. The fraction of sp³-hybridized carbons (Fsp3) is 0.458. The third kappa shape index (κ3) is 5.83. The van der Waals surface area contributed by atoms with Crippen LogP contribution in [0.15, 0.2) is 48.8 Å². The number of anilines is 1. The van der Waals surface area contributed by atoms with Gasteiger partial charge in [-0.3, -0.25) is 9.32 Å². The Hall–Kier alpha value is -3.06. The highest BCUT2D eigenvalue weighted by atomic mass is 31.2. The van der Waals surface area contributed by atoms with E-state index in [2.05, 4.69) is 15.2 Å². The van der Waals surface area contributed by atoms with Gasteiger partial charge in [-0.25, -0.2) is 14.1 Å². The quantitative estimate of drug-likeness (QED) is 0.202. The minimum atomic E-state index is -4.22. The van der Waals surface area contributed by atoms with Crippen LogP contribution in [0.5, 0.6) is 5.75 Å². The van der Waals surface area contributed by atoms with Gasteiger partial charge in [0.2, 0.25) is 0 Å². The number of esters is 1. The average molecular weight is 550 g/mol. The zero-order chi connectivity index (χ0) is 27.5. The number of para-hydroxylation sites is 1. The molecule has 6 atom stereocenters. The summed E-state index contributed by atoms with van der Waals surface area (Å²) in [6.45, 7) is 4.57. The molecule has 1 saturated heterocycles. The van der Waals surface area contributed by atoms with Crippen molar-refractivity contribution < 1.29 is 38.1 Å². The van der Waals surface area contributed by atoms with Gasteiger partial charge in [0.1, 0.15) is 47.5 Å². The Bertz CT molecular complexity index is 1310. The first kappa shape index (κ1) is 28.0. The molecule has 1 aromatic carbocycles. The van der Waals surface area contributed by atoms with Crippen LogP contribution in [0.2, 0.25) is 0 Å². The number of benzene rings is 1. The molecule has 0 radical (unpaired) electrons. The number of hydrogen-bond acceptors (Lipinski definition) is 11. The third-order valence-corrected chi connectivity index (χ3v) is 7.73. The largest absolute Gasteiger partial charge is 0.465 e. The fourth-order valence-electron chi connectivity index (χ4n) is 4.04. The van der Waals surface area contributed by atoms with Crippen molar-refractivity contribution >= 4 is 25.1 Å². The molecule has 206 valence electrons. The van der Waals surface area contributed by atoms with Gasteiger partial charge in [-0.05, 0) is 44.5 Å². The second-order valence-electron chi connectivity index (χ2n) is 9.18. The lowest BCUT2D eigenvalue weighted by Gasteiger charge is -2.30. The van der Waals surface area contributed by atoms with E-state index in [1.54, 1.807) is 42.5 Å². The maximum atomic E-state index is 13.8. The highest BCUT2D eigenvalue weighted by Crippen LogP contribution is 2.48. The fourth-order valence-corrected chi connectivity index (χ4v) is 5.63. The molecular weight excluding hydrogens is 517 g/mol. The molecule has 1 fully saturated rings. The van der Waals surface area contributed by atoms with Crippen LogP contribution >= 0.6 is 7.75 Å². The minimum Gasteiger partial charge on any atom is -0.465 e. The SMILES string of the molecule is CCCOC(=O)[C@H](C)N[P@@](=O)(OC[C@@]1(C)O[C@@H](c2ccc3c(N)ncnn23)[C@H](O)[C@@H]1O)Oc1ccccc1. The van der Waals surface area contributed by atoms with Gasteiger partial charge in [-0.15, -0.1) is 0 Å². The summed E-state index contributed by atoms with van der Waals surface area (Å²) < 4.78 is 37.8. The molecule has 0 amide bonds. The van der Waals surface area contributed by atoms with Crippen LogP contribution in [0.4, 0.5) is 5.82 Å². The van der Waals surface area contributed by atoms with Crippen LogP contribution in [0.1, 0.15) is 39.0 Å². The standard InChI is InChI=1S/C24H32N5O8P/c1-4-12-34-23(32)15(2)28-38(33,37-16-8-6-5-7-9-16)35-13-24(3)21(31)19(30)20(36-24)17-10-11-18-22(25)26-14-27-29(17)18/h5-11,14-15,19-21,30-31H,4,12-13H2,1-3H3,(H,28,33)(H2,25,26,27)/t15-,19-,20-,21-,24+,38+/m0/s1. The number of carbonyl (C=O) groups excluding carboxylic acids is 1. The molecule has 4 rings (SSSR count). The maximum Gasteiger partial charge on any atom is 0.459 e. The molecule has 0 unspecified atom stereocenters. The maximum absolute atomic E-state index is 13.8. The monoisotopic (exact) mass is 549 g/mol. The molecule has 0 bridgehead atoms. The number of nitrogen functional groups attached to an aromatic ring is 1. The molecule has 0 aliphatic carbocycles. The van der Waals surface area contributed by atoms with E-state index in [1.807, 2.05) is 6.92 Å². The lowest BCUT2D eigenvalue weighted by atomic mass is 9.97. The second-order valence-corrected chi connectivity index (χ2v) is 10.9. The predicted molar refractivity (Wildman–Crippen MR) is 136 cm³/mol. The van der Waals surface area contributed by atoms with E-state index in [0.717, 1.165) is 0 Å². The smallest absolute Gasteiger partial charge is 0.459 e. The minimum absolute atomic E-state index is 0.206. The number of aliphatic hydroxyl groups excluding tert-OH is 2. The van der Waals surface area contributed by atoms with E-state index in [1.165, 1.54) is 24.7 Å². The van der Waals surface area contributed by atoms with Crippen LogP contribution < -0.4 is 15.3 Å². The van der Waals surface area contributed by atoms with Crippen LogP contribution in [0, 0.1) is 0 Å². The number of nitrogens with zero attached hydrogens (tertiary/aromatic N) is 3. The highest BCUT2D eigenvalue weighted by Gasteiger charge is 2.53. The predicted octanol–water partition coefficient (Wildman–Crippen LogP) is 2.00. The number of carbonyl (C=O) groups is 1. The Morgan fingerprint density at radius 3 is 2.74 bits per heavy atom. The summed E-state index contributed by atoms with van der Waals surface area (Å²) in [6.07, 6.45) is -1.93. The summed E-state index contributed by atoms with van der Waals surface area (Å²) in [6, 6.07) is 10.6. The van der Waals surface area contributed by atoms with Gasteiger partial charge in [0.25, 0.3) is 0 Å². The first-order chi connectivity index (χ1) is 18.1. The van der Waals surface area contributed by atoms with Gasteiger partial charge in [-0.1, -0.05) is 25.1 Å². The zero-order valence-electron chi connectivity index (χ0n) is 21.3. The summed E-state index contributed by atoms with van der Waals surface area (Å²) in [5, 5.41) is 28.5. The van der Waals surface area contributed by atoms with Gasteiger partial charge in [0.15, 0.2) is 5.82 Å². The van der Waals surface area contributed by atoms with Crippen LogP contribution in [-0.4, -0.2) is 67.8 Å². The van der Waals surface area contributed by atoms with Crippen LogP contribution in [-0.2, 0) is 23.4 Å². The zero-order valence-corrected chi connectivity index (χ0v) is 22.2. The topological polar surface area (TPSA) is 180 Å². The van der Waals surface area contributed by atoms with Gasteiger partial charge >= 0.3 is 13.7 Å². The van der Waals surface area contributed by atoms with Crippen molar-refractivity contribution in [2.45, 2.75) is 57.1 Å². The van der Waals surface area contributed by atoms with Crippen molar-refractivity contribution in [3.63, 3.8) is 0 Å². The van der Waals surface area contributed by atoms with E-state index in [-0.39, 0.29) is 18.2 Å². The van der Waals surface area contributed by atoms with Crippen LogP contribution in [0.25, 0.3) is 5.52 Å². The summed E-state index contributed by atoms with van der Waals surface area (Å²) in [5.41, 5.74) is 5.32. The number of aromatic nitrogens is 3. The molecule has 5 N–H and O–H groups in total. The normalized spacial score (nSPS) is 25.7. The summed E-state index contributed by atoms with van der Waals surface area (Å²) in [4.78, 5) is 16.3. The molecule has 13 nitrogen and oxygen atoms in total. The number of fused-ring (bicyclic) bond motifs is 1. The Morgan fingerprint density at radius 1 is 1.29 bits per heavy atom. The number of aliphatic hydroxyl groups is 2. The van der Waals surface area contributed by atoms with Crippen molar-refractivity contribution in [2.24, 2.45) is 0 Å². The van der Waals surface area contributed by atoms with E-state index < -0.39 is 50.3 Å². The van der Waals surface area contributed by atoms with Crippen molar-refractivity contribution in [1.82, 2.24) is 19.7 Å². The molecular formula is C24H32N5O8P. The van der Waals surface area contributed by atoms with Crippen molar-refractivity contribution in [3.05, 3.63) is 54.5 Å². The van der Waals surface area contributed by atoms with E-state index in [0.29, 0.717) is 17.6 Å². The molecule has 1 aliphatic heterocycles. The molecule has 1 aliphatic rings. The van der Waals surface area contributed by atoms with Crippen molar-refractivity contribution in [1.29, 1.82) is 0 Å². The molecule has 38 heavy (non-hydrogen) atoms. The number of ether oxygens (including phenoxy) is 2. The first-order valence-electron chi connectivity index (χ1n) is 12.1. The molecule has 0 saturated carbocycles. The van der Waals surface area contributed by atoms with Crippen molar-refractivity contribution in [3.8, 4) is 5.75 Å². The molecule has 2 aromatic heterocycles. The van der Waals surface area contributed by atoms with E-state index in [4.69, 9.17) is 24.3 Å². The molecule has 0 spiro atoms.